The molecular formula is C16H18N4. The minimum absolute atomic E-state index is 0.0181. The third-order valence-corrected chi connectivity index (χ3v) is 3.27. The number of hydrogen-bond acceptors (Lipinski definition) is 4. The van der Waals surface area contributed by atoms with Gasteiger partial charge in [-0.3, -0.25) is 4.98 Å². The third kappa shape index (κ3) is 2.72. The zero-order valence-electron chi connectivity index (χ0n) is 11.9. The number of nitriles is 1. The molecule has 0 amide bonds. The first kappa shape index (κ1) is 13.9. The highest BCUT2D eigenvalue weighted by Gasteiger charge is 2.13. The van der Waals surface area contributed by atoms with Gasteiger partial charge in [-0.25, -0.2) is 0 Å². The first-order valence-corrected chi connectivity index (χ1v) is 6.52. The molecule has 4 nitrogen and oxygen atoms in total. The lowest BCUT2D eigenvalue weighted by atomic mass is 10.0. The van der Waals surface area contributed by atoms with E-state index >= 15 is 0 Å². The Bertz CT molecular complexity index is 671. The molecule has 1 atom stereocenters. The van der Waals surface area contributed by atoms with Gasteiger partial charge in [0.2, 0.25) is 0 Å². The van der Waals surface area contributed by atoms with Crippen LogP contribution in [0.5, 0.6) is 0 Å². The molecule has 20 heavy (non-hydrogen) atoms. The van der Waals surface area contributed by atoms with Crippen LogP contribution >= 0.6 is 0 Å². The second-order valence-corrected chi connectivity index (χ2v) is 4.88. The summed E-state index contributed by atoms with van der Waals surface area (Å²) in [6, 6.07) is 11.8. The second kappa shape index (κ2) is 5.62. The topological polar surface area (TPSA) is 74.7 Å². The smallest absolute Gasteiger partial charge is 0.103 e. The quantitative estimate of drug-likeness (QED) is 0.836. The number of aryl methyl sites for hydroxylation is 2. The van der Waals surface area contributed by atoms with Crippen molar-refractivity contribution in [3.05, 3.63) is 52.8 Å². The highest BCUT2D eigenvalue weighted by atomic mass is 14.9. The summed E-state index contributed by atoms with van der Waals surface area (Å²) >= 11 is 0. The Morgan fingerprint density at radius 1 is 1.30 bits per heavy atom. The van der Waals surface area contributed by atoms with Gasteiger partial charge in [0, 0.05) is 11.4 Å². The maximum atomic E-state index is 9.27. The molecule has 0 saturated carbocycles. The predicted octanol–water partition coefficient (Wildman–Crippen LogP) is 3.33. The lowest BCUT2D eigenvalue weighted by Gasteiger charge is -2.19. The molecule has 1 aromatic heterocycles. The highest BCUT2D eigenvalue weighted by Crippen LogP contribution is 2.26. The van der Waals surface area contributed by atoms with Crippen LogP contribution in [0.2, 0.25) is 0 Å². The fourth-order valence-corrected chi connectivity index (χ4v) is 2.30. The van der Waals surface area contributed by atoms with E-state index in [0.717, 1.165) is 28.3 Å². The van der Waals surface area contributed by atoms with Crippen molar-refractivity contribution < 1.29 is 0 Å². The molecule has 4 heteroatoms. The van der Waals surface area contributed by atoms with Gasteiger partial charge in [0.15, 0.2) is 0 Å². The molecular weight excluding hydrogens is 248 g/mol. The molecule has 0 saturated heterocycles. The van der Waals surface area contributed by atoms with E-state index in [4.69, 9.17) is 5.73 Å². The fraction of sp³-hybridized carbons (Fsp3) is 0.250. The summed E-state index contributed by atoms with van der Waals surface area (Å²) in [5, 5.41) is 12.6. The molecule has 102 valence electrons. The fourth-order valence-electron chi connectivity index (χ4n) is 2.30. The highest BCUT2D eigenvalue weighted by molar-refractivity contribution is 5.62. The summed E-state index contributed by atoms with van der Waals surface area (Å²) in [4.78, 5) is 4.32. The minimum atomic E-state index is 0.0181. The SMILES string of the molecule is Cc1cc(NC(C)c2ccccc2N)c(C#N)c(C)n1. The zero-order chi connectivity index (χ0) is 14.7. The molecule has 2 aromatic rings. The minimum Gasteiger partial charge on any atom is -0.398 e. The van der Waals surface area contributed by atoms with E-state index in [1.807, 2.05) is 51.1 Å². The van der Waals surface area contributed by atoms with Crippen LogP contribution in [0, 0.1) is 25.2 Å². The largest absolute Gasteiger partial charge is 0.398 e. The number of nitrogen functional groups attached to an aromatic ring is 1. The van der Waals surface area contributed by atoms with Crippen molar-refractivity contribution in [1.82, 2.24) is 4.98 Å². The predicted molar refractivity (Wildman–Crippen MR) is 81.3 cm³/mol. The van der Waals surface area contributed by atoms with Crippen molar-refractivity contribution >= 4 is 11.4 Å². The van der Waals surface area contributed by atoms with Crippen molar-refractivity contribution in [2.45, 2.75) is 26.8 Å². The monoisotopic (exact) mass is 266 g/mol. The maximum Gasteiger partial charge on any atom is 0.103 e. The number of para-hydroxylation sites is 1. The van der Waals surface area contributed by atoms with E-state index in [1.54, 1.807) is 0 Å². The molecule has 0 bridgehead atoms. The number of anilines is 2. The number of nitrogens with two attached hydrogens (primary N) is 1. The van der Waals surface area contributed by atoms with Crippen molar-refractivity contribution in [2.24, 2.45) is 0 Å². The molecule has 0 aliphatic carbocycles. The molecule has 0 spiro atoms. The molecule has 0 fully saturated rings. The van der Waals surface area contributed by atoms with Crippen LogP contribution in [0.25, 0.3) is 0 Å². The molecule has 0 aliphatic heterocycles. The average molecular weight is 266 g/mol. The lowest BCUT2D eigenvalue weighted by Crippen LogP contribution is -2.11. The van der Waals surface area contributed by atoms with Crippen LogP contribution in [0.1, 0.15) is 35.5 Å². The number of benzene rings is 1. The summed E-state index contributed by atoms with van der Waals surface area (Å²) in [5.74, 6) is 0. The molecule has 1 unspecified atom stereocenters. The Labute approximate surface area is 119 Å². The van der Waals surface area contributed by atoms with Crippen LogP contribution in [-0.2, 0) is 0 Å². The van der Waals surface area contributed by atoms with Crippen molar-refractivity contribution in [3.63, 3.8) is 0 Å². The Morgan fingerprint density at radius 3 is 2.65 bits per heavy atom. The Balaban J connectivity index is 2.36. The van der Waals surface area contributed by atoms with Crippen LogP contribution in [-0.4, -0.2) is 4.98 Å². The van der Waals surface area contributed by atoms with E-state index < -0.39 is 0 Å². The van der Waals surface area contributed by atoms with Crippen molar-refractivity contribution in [3.8, 4) is 6.07 Å². The van der Waals surface area contributed by atoms with Gasteiger partial charge < -0.3 is 11.1 Å². The van der Waals surface area contributed by atoms with Crippen LogP contribution in [0.4, 0.5) is 11.4 Å². The number of aromatic nitrogens is 1. The molecule has 0 aliphatic rings. The number of nitrogens with one attached hydrogen (secondary N) is 1. The summed E-state index contributed by atoms with van der Waals surface area (Å²) in [6.45, 7) is 5.79. The average Bonchev–Trinajstić information content (AvgIpc) is 2.38. The Kier molecular flexibility index (Phi) is 3.90. The van der Waals surface area contributed by atoms with E-state index in [0.29, 0.717) is 5.56 Å². The zero-order valence-corrected chi connectivity index (χ0v) is 11.9. The van der Waals surface area contributed by atoms with Gasteiger partial charge in [-0.15, -0.1) is 0 Å². The number of pyridine rings is 1. The third-order valence-electron chi connectivity index (χ3n) is 3.27. The number of rotatable bonds is 3. The van der Waals surface area contributed by atoms with Gasteiger partial charge >= 0.3 is 0 Å². The first-order chi connectivity index (χ1) is 9.52. The van der Waals surface area contributed by atoms with E-state index in [-0.39, 0.29) is 6.04 Å². The second-order valence-electron chi connectivity index (χ2n) is 4.88. The molecule has 1 heterocycles. The number of hydrogen-bond donors (Lipinski definition) is 2. The molecule has 1 aromatic carbocycles. The van der Waals surface area contributed by atoms with E-state index in [9.17, 15) is 5.26 Å². The summed E-state index contributed by atoms with van der Waals surface area (Å²) < 4.78 is 0. The van der Waals surface area contributed by atoms with Crippen LogP contribution in [0.3, 0.4) is 0 Å². The van der Waals surface area contributed by atoms with Crippen molar-refractivity contribution in [1.29, 1.82) is 5.26 Å². The van der Waals surface area contributed by atoms with Gasteiger partial charge in [0.25, 0.3) is 0 Å². The first-order valence-electron chi connectivity index (χ1n) is 6.52. The standard InChI is InChI=1S/C16H18N4/c1-10-8-16(14(9-17)12(3)19-10)20-11(2)13-6-4-5-7-15(13)18/h4-8,11H,18H2,1-3H3,(H,19,20). The summed E-state index contributed by atoms with van der Waals surface area (Å²) in [6.07, 6.45) is 0. The molecule has 0 radical (unpaired) electrons. The maximum absolute atomic E-state index is 9.27. The van der Waals surface area contributed by atoms with Gasteiger partial charge in [-0.1, -0.05) is 18.2 Å². The van der Waals surface area contributed by atoms with Gasteiger partial charge in [-0.05, 0) is 38.5 Å². The van der Waals surface area contributed by atoms with Gasteiger partial charge in [0.05, 0.1) is 23.0 Å². The van der Waals surface area contributed by atoms with Crippen molar-refractivity contribution in [2.75, 3.05) is 11.1 Å². The van der Waals surface area contributed by atoms with E-state index in [1.165, 1.54) is 0 Å². The Hall–Kier alpha value is -2.54. The summed E-state index contributed by atoms with van der Waals surface area (Å²) in [7, 11) is 0. The number of nitrogens with zero attached hydrogens (tertiary/aromatic N) is 2. The lowest BCUT2D eigenvalue weighted by molar-refractivity contribution is 0.884. The summed E-state index contributed by atoms with van der Waals surface area (Å²) in [5.41, 5.74) is 10.8. The van der Waals surface area contributed by atoms with E-state index in [2.05, 4.69) is 16.4 Å². The Morgan fingerprint density at radius 2 is 2.00 bits per heavy atom. The van der Waals surface area contributed by atoms with Crippen LogP contribution in [0.15, 0.2) is 30.3 Å². The van der Waals surface area contributed by atoms with Gasteiger partial charge in [-0.2, -0.15) is 5.26 Å². The molecule has 2 rings (SSSR count). The van der Waals surface area contributed by atoms with Crippen LogP contribution < -0.4 is 11.1 Å². The normalized spacial score (nSPS) is 11.7. The van der Waals surface area contributed by atoms with Gasteiger partial charge in [0.1, 0.15) is 6.07 Å². The molecule has 3 N–H and O–H groups in total.